The van der Waals surface area contributed by atoms with Crippen molar-refractivity contribution >= 4 is 25.1 Å². The summed E-state index contributed by atoms with van der Waals surface area (Å²) in [4.78, 5) is 16.7. The Bertz CT molecular complexity index is 1420. The zero-order valence-electron chi connectivity index (χ0n) is 23.0. The number of hydrogen-bond acceptors (Lipinski definition) is 11. The first kappa shape index (κ1) is 30.3. The Morgan fingerprint density at radius 3 is 2.69 bits per heavy atom. The summed E-state index contributed by atoms with van der Waals surface area (Å²) in [6.07, 6.45) is 0.824. The lowest BCUT2D eigenvalue weighted by atomic mass is 9.96. The first-order valence-corrected chi connectivity index (χ1v) is 15.3. The molecule has 3 heterocycles. The molecule has 0 amide bonds. The molecule has 42 heavy (non-hydrogen) atoms. The second-order valence-electron chi connectivity index (χ2n) is 10.6. The first-order valence-electron chi connectivity index (χ1n) is 13.8. The normalized spacial score (nSPS) is 27.0. The van der Waals surface area contributed by atoms with Crippen molar-refractivity contribution in [2.24, 2.45) is 0 Å². The molecule has 15 heteroatoms. The van der Waals surface area contributed by atoms with Crippen molar-refractivity contribution in [2.45, 2.75) is 75.1 Å². The highest BCUT2D eigenvalue weighted by molar-refractivity contribution is 7.52. The summed E-state index contributed by atoms with van der Waals surface area (Å²) >= 11 is 0. The van der Waals surface area contributed by atoms with Gasteiger partial charge in [0.2, 0.25) is 0 Å². The summed E-state index contributed by atoms with van der Waals surface area (Å²) in [5.74, 6) is -0.319. The van der Waals surface area contributed by atoms with E-state index >= 15 is 0 Å². The van der Waals surface area contributed by atoms with Crippen LogP contribution in [0.1, 0.15) is 50.8 Å². The molecular weight excluding hydrogens is 572 g/mol. The molecule has 1 aromatic carbocycles. The summed E-state index contributed by atoms with van der Waals surface area (Å²) in [6, 6.07) is 10.1. The minimum Gasteiger partial charge on any atom is -0.461 e. The number of para-hydroxylation sites is 1. The smallest absolute Gasteiger partial charge is 0.459 e. The summed E-state index contributed by atoms with van der Waals surface area (Å²) in [6.45, 7) is -0.667. The third-order valence-corrected chi connectivity index (χ3v) is 9.17. The molecule has 3 aromatic rings. The number of rotatable bonds is 11. The third-order valence-electron chi connectivity index (χ3n) is 7.55. The molecule has 1 unspecified atom stereocenters. The second kappa shape index (κ2) is 12.6. The van der Waals surface area contributed by atoms with Crippen LogP contribution in [0.3, 0.4) is 0 Å². The number of esters is 1. The molecule has 0 spiro atoms. The van der Waals surface area contributed by atoms with Crippen molar-refractivity contribution in [3.05, 3.63) is 54.5 Å². The number of nitrogens with one attached hydrogen (secondary N) is 1. The van der Waals surface area contributed by atoms with Gasteiger partial charge in [0.1, 0.15) is 60.3 Å². The van der Waals surface area contributed by atoms with Crippen LogP contribution in [0.5, 0.6) is 5.75 Å². The van der Waals surface area contributed by atoms with Gasteiger partial charge in [-0.05, 0) is 56.9 Å². The molecule has 5 N–H and O–H groups in total. The van der Waals surface area contributed by atoms with E-state index in [0.29, 0.717) is 5.52 Å². The minimum absolute atomic E-state index is 0.151. The highest BCUT2D eigenvalue weighted by atomic mass is 31.2. The van der Waals surface area contributed by atoms with Gasteiger partial charge in [0.05, 0.1) is 12.3 Å². The number of anilines is 1. The number of hydrogen-bond donors (Lipinski definition) is 4. The van der Waals surface area contributed by atoms with Gasteiger partial charge in [0.25, 0.3) is 0 Å². The molecular formula is C27H35FN5O8P. The number of halogens is 1. The lowest BCUT2D eigenvalue weighted by Crippen LogP contribution is -2.49. The van der Waals surface area contributed by atoms with Crippen LogP contribution in [-0.2, 0) is 23.4 Å². The molecule has 1 saturated carbocycles. The molecule has 228 valence electrons. The lowest BCUT2D eigenvalue weighted by Gasteiger charge is -2.31. The number of nitrogen functional groups attached to an aromatic ring is 1. The van der Waals surface area contributed by atoms with E-state index in [2.05, 4.69) is 15.2 Å². The molecule has 0 bridgehead atoms. The number of benzene rings is 1. The maximum Gasteiger partial charge on any atom is 0.459 e. The summed E-state index contributed by atoms with van der Waals surface area (Å²) in [5, 5.41) is 28.5. The maximum atomic E-state index is 14.7. The molecule has 2 fully saturated rings. The standard InChI is InChI=1S/C27H35FN5O8P/c1-17(26(36)39-18-8-4-2-5-9-18)32-42(37,41-19-10-6-3-7-11-19)38-15-27(14-28)24(35)22(34)23(40-27)20-12-13-21-25(29)30-16-31-33(20)21/h3,6-7,10-13,16-18,22-24,34-35H,2,4-5,8-9,14-15H2,1H3,(H,32,37)(H2,29,30,31)/t17-,22-,23-,24-,27+,42?/m0/s1. The Morgan fingerprint density at radius 1 is 1.24 bits per heavy atom. The van der Waals surface area contributed by atoms with Crippen LogP contribution in [0.2, 0.25) is 0 Å². The fourth-order valence-corrected chi connectivity index (χ4v) is 6.75. The highest BCUT2D eigenvalue weighted by Crippen LogP contribution is 2.48. The molecule has 2 aromatic heterocycles. The van der Waals surface area contributed by atoms with E-state index in [1.54, 1.807) is 30.3 Å². The molecule has 13 nitrogen and oxygen atoms in total. The summed E-state index contributed by atoms with van der Waals surface area (Å²) < 4.78 is 52.8. The van der Waals surface area contributed by atoms with Crippen molar-refractivity contribution in [2.75, 3.05) is 19.0 Å². The van der Waals surface area contributed by atoms with Gasteiger partial charge in [-0.3, -0.25) is 9.32 Å². The van der Waals surface area contributed by atoms with Crippen molar-refractivity contribution in [3.63, 3.8) is 0 Å². The van der Waals surface area contributed by atoms with Crippen molar-refractivity contribution in [1.82, 2.24) is 19.7 Å². The number of ether oxygens (including phenoxy) is 2. The fourth-order valence-electron chi connectivity index (χ4n) is 5.20. The third kappa shape index (κ3) is 6.29. The van der Waals surface area contributed by atoms with Crippen LogP contribution in [0.15, 0.2) is 48.8 Å². The zero-order valence-corrected chi connectivity index (χ0v) is 23.9. The van der Waals surface area contributed by atoms with E-state index in [0.717, 1.165) is 32.1 Å². The van der Waals surface area contributed by atoms with Crippen molar-refractivity contribution in [3.8, 4) is 5.75 Å². The van der Waals surface area contributed by atoms with Gasteiger partial charge in [-0.2, -0.15) is 10.2 Å². The number of carbonyl (C=O) groups excluding carboxylic acids is 1. The largest absolute Gasteiger partial charge is 0.461 e. The van der Waals surface area contributed by atoms with E-state index in [-0.39, 0.29) is 23.4 Å². The maximum absolute atomic E-state index is 14.7. The lowest BCUT2D eigenvalue weighted by molar-refractivity contribution is -0.152. The molecule has 1 saturated heterocycles. The number of fused-ring (bicyclic) bond motifs is 1. The van der Waals surface area contributed by atoms with E-state index in [4.69, 9.17) is 24.3 Å². The fraction of sp³-hybridized carbons (Fsp3) is 0.519. The monoisotopic (exact) mass is 607 g/mol. The Morgan fingerprint density at radius 2 is 1.98 bits per heavy atom. The predicted molar refractivity (Wildman–Crippen MR) is 148 cm³/mol. The summed E-state index contributed by atoms with van der Waals surface area (Å²) in [5.41, 5.74) is 4.45. The minimum atomic E-state index is -4.42. The summed E-state index contributed by atoms with van der Waals surface area (Å²) in [7, 11) is -4.42. The first-order chi connectivity index (χ1) is 20.1. The highest BCUT2D eigenvalue weighted by Gasteiger charge is 2.57. The molecule has 1 aliphatic heterocycles. The van der Waals surface area contributed by atoms with E-state index in [9.17, 15) is 24.0 Å². The number of nitrogens with zero attached hydrogens (tertiary/aromatic N) is 3. The van der Waals surface area contributed by atoms with Gasteiger partial charge in [0.15, 0.2) is 5.82 Å². The van der Waals surface area contributed by atoms with Crippen LogP contribution in [0.4, 0.5) is 10.2 Å². The van der Waals surface area contributed by atoms with Gasteiger partial charge < -0.3 is 29.9 Å². The number of alkyl halides is 1. The Kier molecular flexibility index (Phi) is 9.11. The average Bonchev–Trinajstić information content (AvgIpc) is 3.53. The molecule has 6 atom stereocenters. The molecule has 5 rings (SSSR count). The zero-order chi connectivity index (χ0) is 29.9. The quantitative estimate of drug-likeness (QED) is 0.185. The number of aliphatic hydroxyl groups is 2. The van der Waals surface area contributed by atoms with Gasteiger partial charge in [0, 0.05) is 0 Å². The number of aromatic nitrogens is 3. The van der Waals surface area contributed by atoms with Gasteiger partial charge >= 0.3 is 13.7 Å². The van der Waals surface area contributed by atoms with Gasteiger partial charge in [-0.25, -0.2) is 18.5 Å². The topological polar surface area (TPSA) is 180 Å². The van der Waals surface area contributed by atoms with Crippen molar-refractivity contribution < 1.29 is 42.5 Å². The molecule has 0 radical (unpaired) electrons. The van der Waals surface area contributed by atoms with Crippen LogP contribution >= 0.6 is 7.75 Å². The van der Waals surface area contributed by atoms with Crippen LogP contribution in [0, 0.1) is 0 Å². The molecule has 1 aliphatic carbocycles. The second-order valence-corrected chi connectivity index (χ2v) is 12.3. The van der Waals surface area contributed by atoms with Crippen molar-refractivity contribution in [1.29, 1.82) is 0 Å². The average molecular weight is 608 g/mol. The Labute approximate surface area is 241 Å². The van der Waals surface area contributed by atoms with Crippen LogP contribution in [-0.4, -0.2) is 74.0 Å². The van der Waals surface area contributed by atoms with Crippen LogP contribution < -0.4 is 15.3 Å². The van der Waals surface area contributed by atoms with E-state index in [1.807, 2.05) is 0 Å². The Balaban J connectivity index is 1.35. The van der Waals surface area contributed by atoms with E-state index < -0.39 is 57.0 Å². The SMILES string of the molecule is C[C@H](NP(=O)(OC[C@@]1(CF)O[C@@H](c2ccc3c(N)ncnn23)[C@H](O)[C@@H]1O)Oc1ccccc1)C(=O)OC1CCCCC1. The number of nitrogens with two attached hydrogens (primary N) is 1. The van der Waals surface area contributed by atoms with Crippen LogP contribution in [0.25, 0.3) is 5.52 Å². The predicted octanol–water partition coefficient (Wildman–Crippen LogP) is 2.87. The van der Waals surface area contributed by atoms with Gasteiger partial charge in [-0.15, -0.1) is 0 Å². The van der Waals surface area contributed by atoms with E-state index in [1.165, 1.54) is 29.9 Å². The Hall–Kier alpha value is -3.13. The van der Waals surface area contributed by atoms with Gasteiger partial charge in [-0.1, -0.05) is 24.6 Å². The number of carbonyl (C=O) groups is 1. The number of aliphatic hydroxyl groups excluding tert-OH is 2. The molecule has 2 aliphatic rings.